The summed E-state index contributed by atoms with van der Waals surface area (Å²) in [7, 11) is 1.44. The fourth-order valence-corrected chi connectivity index (χ4v) is 3.23. The summed E-state index contributed by atoms with van der Waals surface area (Å²) in [4.78, 5) is 12.0. The Morgan fingerprint density at radius 2 is 2.10 bits per heavy atom. The lowest BCUT2D eigenvalue weighted by Crippen LogP contribution is -2.38. The molecule has 0 radical (unpaired) electrons. The Hall–Kier alpha value is -0.740. The molecule has 1 aromatic rings. The van der Waals surface area contributed by atoms with Gasteiger partial charge in [-0.15, -0.1) is 0 Å². The largest absolute Gasteiger partial charge is 0.467 e. The second kappa shape index (κ2) is 7.32. The highest BCUT2D eigenvalue weighted by Crippen LogP contribution is 2.31. The molecule has 1 aliphatic rings. The van der Waals surface area contributed by atoms with Crippen molar-refractivity contribution in [2.45, 2.75) is 38.1 Å². The summed E-state index contributed by atoms with van der Waals surface area (Å²) in [6.45, 7) is 0. The molecule has 5 heteroatoms. The van der Waals surface area contributed by atoms with Crippen molar-refractivity contribution in [3.63, 3.8) is 0 Å². The van der Waals surface area contributed by atoms with Gasteiger partial charge in [0, 0.05) is 10.2 Å². The lowest BCUT2D eigenvalue weighted by molar-refractivity contribution is -0.143. The number of ether oxygens (including phenoxy) is 1. The van der Waals surface area contributed by atoms with Crippen LogP contribution in [0.15, 0.2) is 22.7 Å². The molecule has 0 saturated heterocycles. The number of anilines is 1. The van der Waals surface area contributed by atoms with Crippen LogP contribution < -0.4 is 5.32 Å². The Morgan fingerprint density at radius 1 is 1.40 bits per heavy atom. The van der Waals surface area contributed by atoms with Crippen LogP contribution in [0.3, 0.4) is 0 Å². The predicted molar refractivity (Wildman–Crippen MR) is 85.2 cm³/mol. The average Bonchev–Trinajstić information content (AvgIpc) is 2.48. The zero-order valence-electron chi connectivity index (χ0n) is 11.5. The number of carbonyl (C=O) groups excluding carboxylic acids is 1. The van der Waals surface area contributed by atoms with E-state index < -0.39 is 0 Å². The Kier molecular flexibility index (Phi) is 5.73. The Bertz CT molecular complexity index is 475. The topological polar surface area (TPSA) is 38.3 Å². The molecule has 0 aromatic heterocycles. The van der Waals surface area contributed by atoms with Crippen LogP contribution in [-0.2, 0) is 9.53 Å². The molecule has 0 spiro atoms. The Morgan fingerprint density at radius 3 is 2.70 bits per heavy atom. The van der Waals surface area contributed by atoms with Gasteiger partial charge in [-0.05, 0) is 52.9 Å². The third-order valence-electron chi connectivity index (χ3n) is 3.82. The minimum absolute atomic E-state index is 0.192. The molecule has 2 rings (SSSR count). The SMILES string of the molecule is COC(=O)C(Nc1ccc(Cl)c(Br)c1)C1CCCCC1. The summed E-state index contributed by atoms with van der Waals surface area (Å²) in [5.41, 5.74) is 0.877. The molecular weight excluding hydrogens is 342 g/mol. The second-order valence-electron chi connectivity index (χ2n) is 5.17. The van der Waals surface area contributed by atoms with E-state index in [0.29, 0.717) is 10.9 Å². The van der Waals surface area contributed by atoms with Gasteiger partial charge < -0.3 is 10.1 Å². The number of hydrogen-bond acceptors (Lipinski definition) is 3. The molecule has 0 aliphatic heterocycles. The maximum absolute atomic E-state index is 12.0. The van der Waals surface area contributed by atoms with Gasteiger partial charge in [0.1, 0.15) is 6.04 Å². The average molecular weight is 361 g/mol. The van der Waals surface area contributed by atoms with Gasteiger partial charge in [0.05, 0.1) is 12.1 Å². The molecule has 3 nitrogen and oxygen atoms in total. The van der Waals surface area contributed by atoms with Crippen LogP contribution in [0.1, 0.15) is 32.1 Å². The molecule has 1 N–H and O–H groups in total. The first kappa shape index (κ1) is 15.6. The molecule has 1 atom stereocenters. The summed E-state index contributed by atoms with van der Waals surface area (Å²) >= 11 is 9.39. The van der Waals surface area contributed by atoms with Crippen LogP contribution in [-0.4, -0.2) is 19.1 Å². The van der Waals surface area contributed by atoms with Crippen LogP contribution in [0.2, 0.25) is 5.02 Å². The maximum atomic E-state index is 12.0. The fraction of sp³-hybridized carbons (Fsp3) is 0.533. The van der Waals surface area contributed by atoms with Crippen LogP contribution >= 0.6 is 27.5 Å². The number of rotatable bonds is 4. The standard InChI is InChI=1S/C15H19BrClNO2/c1-20-15(19)14(10-5-3-2-4-6-10)18-11-7-8-13(17)12(16)9-11/h7-10,14,18H,2-6H2,1H3. The third kappa shape index (κ3) is 3.89. The molecule has 110 valence electrons. The lowest BCUT2D eigenvalue weighted by Gasteiger charge is -2.29. The second-order valence-corrected chi connectivity index (χ2v) is 6.43. The number of nitrogens with one attached hydrogen (secondary N) is 1. The van der Waals surface area contributed by atoms with Crippen molar-refractivity contribution in [3.05, 3.63) is 27.7 Å². The normalized spacial score (nSPS) is 17.6. The first-order valence-corrected chi connectivity index (χ1v) is 8.08. The number of benzene rings is 1. The van der Waals surface area contributed by atoms with E-state index in [2.05, 4.69) is 21.2 Å². The van der Waals surface area contributed by atoms with Crippen LogP contribution in [0.25, 0.3) is 0 Å². The fourth-order valence-electron chi connectivity index (χ4n) is 2.73. The summed E-state index contributed by atoms with van der Waals surface area (Å²) in [6, 6.07) is 5.30. The van der Waals surface area contributed by atoms with Gasteiger partial charge in [-0.25, -0.2) is 4.79 Å². The third-order valence-corrected chi connectivity index (χ3v) is 5.03. The zero-order chi connectivity index (χ0) is 14.5. The van der Waals surface area contributed by atoms with Gasteiger partial charge in [-0.3, -0.25) is 0 Å². The number of methoxy groups -OCH3 is 1. The molecule has 1 saturated carbocycles. The molecule has 0 amide bonds. The Labute approximate surface area is 133 Å². The minimum Gasteiger partial charge on any atom is -0.467 e. The van der Waals surface area contributed by atoms with Crippen molar-refractivity contribution in [2.24, 2.45) is 5.92 Å². The zero-order valence-corrected chi connectivity index (χ0v) is 13.8. The Balaban J connectivity index is 2.14. The minimum atomic E-state index is -0.284. The lowest BCUT2D eigenvalue weighted by atomic mass is 9.83. The van der Waals surface area contributed by atoms with Crippen molar-refractivity contribution < 1.29 is 9.53 Å². The van der Waals surface area contributed by atoms with Crippen molar-refractivity contribution >= 4 is 39.2 Å². The van der Waals surface area contributed by atoms with E-state index in [9.17, 15) is 4.79 Å². The summed E-state index contributed by atoms with van der Waals surface area (Å²) in [6.07, 6.45) is 5.77. The van der Waals surface area contributed by atoms with Crippen LogP contribution in [0.4, 0.5) is 5.69 Å². The van der Waals surface area contributed by atoms with Gasteiger partial charge >= 0.3 is 5.97 Å². The van der Waals surface area contributed by atoms with Gasteiger partial charge in [0.25, 0.3) is 0 Å². The van der Waals surface area contributed by atoms with Crippen molar-refractivity contribution in [1.29, 1.82) is 0 Å². The van der Waals surface area contributed by atoms with Gasteiger partial charge in [0.2, 0.25) is 0 Å². The number of halogens is 2. The summed E-state index contributed by atoms with van der Waals surface area (Å²) in [5, 5.41) is 3.96. The van der Waals surface area contributed by atoms with Gasteiger partial charge in [0.15, 0.2) is 0 Å². The van der Waals surface area contributed by atoms with Crippen molar-refractivity contribution in [2.75, 3.05) is 12.4 Å². The molecule has 20 heavy (non-hydrogen) atoms. The van der Waals surface area contributed by atoms with E-state index in [1.807, 2.05) is 18.2 Å². The molecular formula is C15H19BrClNO2. The molecule has 1 unspecified atom stereocenters. The van der Waals surface area contributed by atoms with E-state index in [-0.39, 0.29) is 12.0 Å². The van der Waals surface area contributed by atoms with E-state index in [1.165, 1.54) is 26.4 Å². The number of hydrogen-bond donors (Lipinski definition) is 1. The molecule has 1 aliphatic carbocycles. The van der Waals surface area contributed by atoms with E-state index >= 15 is 0 Å². The van der Waals surface area contributed by atoms with E-state index in [0.717, 1.165) is 23.0 Å². The first-order chi connectivity index (χ1) is 9.61. The highest BCUT2D eigenvalue weighted by atomic mass is 79.9. The van der Waals surface area contributed by atoms with Crippen molar-refractivity contribution in [3.8, 4) is 0 Å². The highest BCUT2D eigenvalue weighted by Gasteiger charge is 2.30. The highest BCUT2D eigenvalue weighted by molar-refractivity contribution is 9.10. The van der Waals surface area contributed by atoms with Crippen molar-refractivity contribution in [1.82, 2.24) is 0 Å². The molecule has 0 heterocycles. The molecule has 0 bridgehead atoms. The van der Waals surface area contributed by atoms with Crippen LogP contribution in [0, 0.1) is 5.92 Å². The van der Waals surface area contributed by atoms with Gasteiger partial charge in [-0.2, -0.15) is 0 Å². The summed E-state index contributed by atoms with van der Waals surface area (Å²) in [5.74, 6) is 0.147. The van der Waals surface area contributed by atoms with Gasteiger partial charge in [-0.1, -0.05) is 30.9 Å². The summed E-state index contributed by atoms with van der Waals surface area (Å²) < 4.78 is 5.77. The van der Waals surface area contributed by atoms with Crippen LogP contribution in [0.5, 0.6) is 0 Å². The number of esters is 1. The first-order valence-electron chi connectivity index (χ1n) is 6.91. The molecule has 1 aromatic carbocycles. The monoisotopic (exact) mass is 359 g/mol. The van der Waals surface area contributed by atoms with E-state index in [4.69, 9.17) is 16.3 Å². The smallest absolute Gasteiger partial charge is 0.328 e. The number of carbonyl (C=O) groups is 1. The maximum Gasteiger partial charge on any atom is 0.328 e. The quantitative estimate of drug-likeness (QED) is 0.795. The predicted octanol–water partition coefficient (Wildman–Crippen LogP) is 4.64. The van der Waals surface area contributed by atoms with E-state index in [1.54, 1.807) is 0 Å². The molecule has 1 fully saturated rings.